The standard InChI is InChI=1S/C13H27BN2O4/c1-9(16(2)3)11-5-4-10(6-7-14(19)20)8-13(11,15)12(17)18/h9-11,19-20H,4-8,15H2,1-3H3,(H,17,18)/t9?,10-,11-,13+/m0/s1. The smallest absolute Gasteiger partial charge is 0.451 e. The fraction of sp³-hybridized carbons (Fsp3) is 0.923. The van der Waals surface area contributed by atoms with Crippen molar-refractivity contribution in [3.63, 3.8) is 0 Å². The van der Waals surface area contributed by atoms with Crippen LogP contribution < -0.4 is 5.73 Å². The summed E-state index contributed by atoms with van der Waals surface area (Å²) in [4.78, 5) is 13.7. The van der Waals surface area contributed by atoms with E-state index >= 15 is 0 Å². The molecule has 1 rings (SSSR count). The van der Waals surface area contributed by atoms with Gasteiger partial charge in [-0.2, -0.15) is 0 Å². The molecule has 6 nitrogen and oxygen atoms in total. The number of hydrogen-bond acceptors (Lipinski definition) is 5. The molecule has 1 aliphatic rings. The maximum atomic E-state index is 11.7. The SMILES string of the molecule is CC([C@@H]1CC[C@@H](CCB(O)O)C[C@]1(N)C(=O)O)N(C)C. The Morgan fingerprint density at radius 3 is 2.50 bits per heavy atom. The van der Waals surface area contributed by atoms with Gasteiger partial charge < -0.3 is 25.8 Å². The number of aliphatic carboxylic acids is 1. The van der Waals surface area contributed by atoms with Crippen LogP contribution in [0.3, 0.4) is 0 Å². The lowest BCUT2D eigenvalue weighted by Gasteiger charge is -2.45. The minimum atomic E-state index is -1.33. The zero-order chi connectivity index (χ0) is 15.5. The highest BCUT2D eigenvalue weighted by Crippen LogP contribution is 2.40. The van der Waals surface area contributed by atoms with E-state index in [2.05, 4.69) is 0 Å². The third-order valence-corrected chi connectivity index (χ3v) is 4.80. The van der Waals surface area contributed by atoms with Gasteiger partial charge in [0.05, 0.1) is 0 Å². The third kappa shape index (κ3) is 3.94. The first-order chi connectivity index (χ1) is 9.18. The molecule has 1 unspecified atom stereocenters. The van der Waals surface area contributed by atoms with Crippen LogP contribution in [-0.2, 0) is 4.79 Å². The molecule has 0 aromatic carbocycles. The molecule has 20 heavy (non-hydrogen) atoms. The number of rotatable bonds is 6. The average molecular weight is 286 g/mol. The summed E-state index contributed by atoms with van der Waals surface area (Å²) in [6.45, 7) is 2.01. The predicted molar refractivity (Wildman–Crippen MR) is 78.1 cm³/mol. The Kier molecular flexibility index (Phi) is 6.00. The van der Waals surface area contributed by atoms with Crippen molar-refractivity contribution in [1.29, 1.82) is 0 Å². The fourth-order valence-electron chi connectivity index (χ4n) is 3.31. The quantitative estimate of drug-likeness (QED) is 0.512. The molecule has 0 amide bonds. The van der Waals surface area contributed by atoms with Crippen molar-refractivity contribution >= 4 is 13.1 Å². The summed E-state index contributed by atoms with van der Waals surface area (Å²) in [5.74, 6) is -0.903. The molecule has 0 aromatic heterocycles. The van der Waals surface area contributed by atoms with Crippen molar-refractivity contribution in [1.82, 2.24) is 4.90 Å². The van der Waals surface area contributed by atoms with E-state index in [1.807, 2.05) is 25.9 Å². The minimum Gasteiger partial charge on any atom is -0.480 e. The monoisotopic (exact) mass is 286 g/mol. The van der Waals surface area contributed by atoms with Gasteiger partial charge in [0.25, 0.3) is 0 Å². The van der Waals surface area contributed by atoms with E-state index in [0.717, 1.165) is 12.8 Å². The first kappa shape index (κ1) is 17.4. The first-order valence-corrected chi connectivity index (χ1v) is 7.23. The average Bonchev–Trinajstić information content (AvgIpc) is 2.35. The van der Waals surface area contributed by atoms with Gasteiger partial charge in [0, 0.05) is 12.0 Å². The van der Waals surface area contributed by atoms with Gasteiger partial charge in [0.2, 0.25) is 0 Å². The molecule has 0 spiro atoms. The number of carboxylic acids is 1. The summed E-state index contributed by atoms with van der Waals surface area (Å²) in [5.41, 5.74) is 5.00. The van der Waals surface area contributed by atoms with Crippen LogP contribution in [0.25, 0.3) is 0 Å². The van der Waals surface area contributed by atoms with E-state index in [1.165, 1.54) is 0 Å². The van der Waals surface area contributed by atoms with Crippen LogP contribution in [0.1, 0.15) is 32.6 Å². The van der Waals surface area contributed by atoms with E-state index in [4.69, 9.17) is 15.8 Å². The van der Waals surface area contributed by atoms with Gasteiger partial charge >= 0.3 is 13.1 Å². The molecule has 1 aliphatic carbocycles. The second kappa shape index (κ2) is 6.89. The van der Waals surface area contributed by atoms with Gasteiger partial charge in [-0.05, 0) is 52.5 Å². The van der Waals surface area contributed by atoms with Crippen LogP contribution in [0.2, 0.25) is 6.32 Å². The highest BCUT2D eigenvalue weighted by atomic mass is 16.4. The van der Waals surface area contributed by atoms with Crippen molar-refractivity contribution in [3.8, 4) is 0 Å². The normalized spacial score (nSPS) is 32.1. The zero-order valence-electron chi connectivity index (χ0n) is 12.6. The third-order valence-electron chi connectivity index (χ3n) is 4.80. The molecule has 0 aliphatic heterocycles. The molecule has 7 heteroatoms. The van der Waals surface area contributed by atoms with Crippen LogP contribution in [-0.4, -0.2) is 58.8 Å². The molecule has 0 bridgehead atoms. The van der Waals surface area contributed by atoms with Gasteiger partial charge in [0.1, 0.15) is 5.54 Å². The van der Waals surface area contributed by atoms with Crippen molar-refractivity contribution < 1.29 is 19.9 Å². The predicted octanol–water partition coefficient (Wildman–Crippen LogP) is -0.00220. The van der Waals surface area contributed by atoms with Crippen LogP contribution in [0.15, 0.2) is 0 Å². The molecular formula is C13H27BN2O4. The minimum absolute atomic E-state index is 0.0923. The largest absolute Gasteiger partial charge is 0.480 e. The van der Waals surface area contributed by atoms with Crippen LogP contribution >= 0.6 is 0 Å². The second-order valence-electron chi connectivity index (χ2n) is 6.36. The number of carboxylic acid groups (broad SMARTS) is 1. The van der Waals surface area contributed by atoms with Crippen molar-refractivity contribution in [2.45, 2.75) is 50.5 Å². The number of carbonyl (C=O) groups is 1. The topological polar surface area (TPSA) is 107 Å². The second-order valence-corrected chi connectivity index (χ2v) is 6.36. The molecule has 0 heterocycles. The Balaban J connectivity index is 2.80. The Bertz CT molecular complexity index is 340. The van der Waals surface area contributed by atoms with Crippen LogP contribution in [0.4, 0.5) is 0 Å². The van der Waals surface area contributed by atoms with Crippen LogP contribution in [0.5, 0.6) is 0 Å². The Labute approximate surface area is 121 Å². The Hall–Kier alpha value is -0.625. The Morgan fingerprint density at radius 2 is 2.05 bits per heavy atom. The molecule has 0 saturated heterocycles. The van der Waals surface area contributed by atoms with Crippen molar-refractivity contribution in [3.05, 3.63) is 0 Å². The summed E-state index contributed by atoms with van der Waals surface area (Å²) >= 11 is 0. The highest BCUT2D eigenvalue weighted by Gasteiger charge is 2.49. The molecule has 0 radical (unpaired) electrons. The summed E-state index contributed by atoms with van der Waals surface area (Å²) < 4.78 is 0. The summed E-state index contributed by atoms with van der Waals surface area (Å²) in [7, 11) is 2.54. The maximum Gasteiger partial charge on any atom is 0.451 e. The molecule has 4 atom stereocenters. The molecule has 116 valence electrons. The van der Waals surface area contributed by atoms with Crippen molar-refractivity contribution in [2.24, 2.45) is 17.6 Å². The molecule has 1 fully saturated rings. The number of nitrogens with two attached hydrogens (primary N) is 1. The molecular weight excluding hydrogens is 259 g/mol. The first-order valence-electron chi connectivity index (χ1n) is 7.23. The van der Waals surface area contributed by atoms with Gasteiger partial charge in [-0.1, -0.05) is 6.42 Å². The lowest BCUT2D eigenvalue weighted by molar-refractivity contribution is -0.149. The Morgan fingerprint density at radius 1 is 1.45 bits per heavy atom. The number of hydrogen-bond donors (Lipinski definition) is 4. The van der Waals surface area contributed by atoms with E-state index in [1.54, 1.807) is 0 Å². The van der Waals surface area contributed by atoms with Gasteiger partial charge in [0.15, 0.2) is 0 Å². The van der Waals surface area contributed by atoms with E-state index in [-0.39, 0.29) is 24.2 Å². The van der Waals surface area contributed by atoms with E-state index in [0.29, 0.717) is 12.8 Å². The lowest BCUT2D eigenvalue weighted by Crippen LogP contribution is -2.62. The van der Waals surface area contributed by atoms with Gasteiger partial charge in [-0.15, -0.1) is 0 Å². The fourth-order valence-corrected chi connectivity index (χ4v) is 3.31. The van der Waals surface area contributed by atoms with Gasteiger partial charge in [-0.25, -0.2) is 0 Å². The maximum absolute atomic E-state index is 11.7. The van der Waals surface area contributed by atoms with Crippen LogP contribution in [0, 0.1) is 11.8 Å². The summed E-state index contributed by atoms with van der Waals surface area (Å²) in [6.07, 6.45) is 2.93. The molecule has 1 saturated carbocycles. The molecule has 0 aromatic rings. The zero-order valence-corrected chi connectivity index (χ0v) is 12.6. The van der Waals surface area contributed by atoms with Crippen molar-refractivity contribution in [2.75, 3.05) is 14.1 Å². The summed E-state index contributed by atoms with van der Waals surface area (Å²) in [6, 6.07) is 0.0977. The number of nitrogens with zero attached hydrogens (tertiary/aromatic N) is 1. The lowest BCUT2D eigenvalue weighted by atomic mass is 9.64. The molecule has 5 N–H and O–H groups in total. The van der Waals surface area contributed by atoms with Gasteiger partial charge in [-0.3, -0.25) is 4.79 Å². The highest BCUT2D eigenvalue weighted by molar-refractivity contribution is 6.40. The summed E-state index contributed by atoms with van der Waals surface area (Å²) in [5, 5.41) is 27.4. The van der Waals surface area contributed by atoms with E-state index < -0.39 is 18.6 Å². The van der Waals surface area contributed by atoms with E-state index in [9.17, 15) is 9.90 Å².